The highest BCUT2D eigenvalue weighted by Crippen LogP contribution is 2.18. The molecular weight excluding hydrogens is 196 g/mol. The van der Waals surface area contributed by atoms with E-state index in [1.54, 1.807) is 6.92 Å². The molecule has 1 unspecified atom stereocenters. The molecule has 6 heteroatoms. The molecule has 1 aliphatic carbocycles. The fraction of sp³-hybridized carbons (Fsp3) is 0.778. The molecule has 0 spiro atoms. The van der Waals surface area contributed by atoms with Crippen LogP contribution in [0.1, 0.15) is 33.1 Å². The van der Waals surface area contributed by atoms with Crippen LogP contribution in [-0.2, 0) is 0 Å². The predicted octanol–water partition coefficient (Wildman–Crippen LogP) is 0.363. The number of urea groups is 1. The molecule has 1 rings (SSSR count). The Morgan fingerprint density at radius 3 is 2.67 bits per heavy atom. The van der Waals surface area contributed by atoms with E-state index in [-0.39, 0.29) is 11.9 Å². The molecule has 0 aromatic heterocycles. The van der Waals surface area contributed by atoms with E-state index in [0.29, 0.717) is 12.5 Å². The fourth-order valence-electron chi connectivity index (χ4n) is 1.14. The van der Waals surface area contributed by atoms with Crippen molar-refractivity contribution < 1.29 is 10.0 Å². The van der Waals surface area contributed by atoms with Gasteiger partial charge in [0.05, 0.1) is 5.54 Å². The molecule has 0 heterocycles. The summed E-state index contributed by atoms with van der Waals surface area (Å²) in [6, 6.07) is 0.0202. The van der Waals surface area contributed by atoms with E-state index in [9.17, 15) is 4.79 Å². The number of oxime groups is 1. The molecule has 0 aliphatic heterocycles. The Kier molecular flexibility index (Phi) is 3.39. The van der Waals surface area contributed by atoms with Crippen LogP contribution in [0.2, 0.25) is 0 Å². The molecule has 15 heavy (non-hydrogen) atoms. The SMILES string of the molecule is CCC(C)(NC(=O)NC1CC1)C(N)=NO. The van der Waals surface area contributed by atoms with Crippen molar-refractivity contribution in [3.63, 3.8) is 0 Å². The number of carbonyl (C=O) groups excluding carboxylic acids is 1. The summed E-state index contributed by atoms with van der Waals surface area (Å²) in [5.41, 5.74) is 4.72. The number of hydrogen-bond donors (Lipinski definition) is 4. The van der Waals surface area contributed by atoms with Gasteiger partial charge < -0.3 is 21.6 Å². The van der Waals surface area contributed by atoms with Crippen LogP contribution in [0.3, 0.4) is 0 Å². The highest BCUT2D eigenvalue weighted by molar-refractivity contribution is 5.93. The van der Waals surface area contributed by atoms with Gasteiger partial charge in [0, 0.05) is 6.04 Å². The van der Waals surface area contributed by atoms with Crippen LogP contribution in [0.4, 0.5) is 4.79 Å². The molecular formula is C9H18N4O2. The smallest absolute Gasteiger partial charge is 0.315 e. The van der Waals surface area contributed by atoms with Crippen LogP contribution in [0, 0.1) is 0 Å². The Labute approximate surface area is 88.9 Å². The average Bonchev–Trinajstić information content (AvgIpc) is 2.99. The second-order valence-electron chi connectivity index (χ2n) is 4.04. The second kappa shape index (κ2) is 4.37. The molecule has 0 saturated heterocycles. The molecule has 86 valence electrons. The maximum Gasteiger partial charge on any atom is 0.315 e. The minimum absolute atomic E-state index is 0.0101. The molecule has 1 saturated carbocycles. The number of hydrogen-bond acceptors (Lipinski definition) is 3. The lowest BCUT2D eigenvalue weighted by Gasteiger charge is -2.27. The van der Waals surface area contributed by atoms with Crippen LogP contribution in [0.5, 0.6) is 0 Å². The van der Waals surface area contributed by atoms with E-state index in [1.807, 2.05) is 6.92 Å². The number of nitrogens with two attached hydrogens (primary N) is 1. The van der Waals surface area contributed by atoms with Gasteiger partial charge >= 0.3 is 6.03 Å². The molecule has 6 nitrogen and oxygen atoms in total. The highest BCUT2D eigenvalue weighted by Gasteiger charge is 2.31. The summed E-state index contributed by atoms with van der Waals surface area (Å²) in [6.45, 7) is 3.57. The summed E-state index contributed by atoms with van der Waals surface area (Å²) in [6.07, 6.45) is 2.61. The molecule has 0 aromatic carbocycles. The largest absolute Gasteiger partial charge is 0.409 e. The zero-order valence-electron chi connectivity index (χ0n) is 9.08. The first-order valence-corrected chi connectivity index (χ1v) is 5.08. The number of rotatable bonds is 4. The second-order valence-corrected chi connectivity index (χ2v) is 4.04. The van der Waals surface area contributed by atoms with Crippen LogP contribution in [-0.4, -0.2) is 28.7 Å². The quantitative estimate of drug-likeness (QED) is 0.235. The Bertz CT molecular complexity index is 275. The van der Waals surface area contributed by atoms with E-state index in [0.717, 1.165) is 12.8 Å². The number of nitrogens with zero attached hydrogens (tertiary/aromatic N) is 1. The van der Waals surface area contributed by atoms with Crippen molar-refractivity contribution in [3.05, 3.63) is 0 Å². The lowest BCUT2D eigenvalue weighted by atomic mass is 9.98. The molecule has 2 amide bonds. The maximum absolute atomic E-state index is 11.5. The Morgan fingerprint density at radius 1 is 1.67 bits per heavy atom. The zero-order valence-corrected chi connectivity index (χ0v) is 9.08. The van der Waals surface area contributed by atoms with Crippen molar-refractivity contribution in [2.24, 2.45) is 10.9 Å². The van der Waals surface area contributed by atoms with Crippen LogP contribution in [0.25, 0.3) is 0 Å². The van der Waals surface area contributed by atoms with E-state index in [2.05, 4.69) is 15.8 Å². The first-order valence-electron chi connectivity index (χ1n) is 5.08. The number of amidine groups is 1. The van der Waals surface area contributed by atoms with Gasteiger partial charge in [-0.2, -0.15) is 0 Å². The van der Waals surface area contributed by atoms with Crippen molar-refractivity contribution in [1.82, 2.24) is 10.6 Å². The third-order valence-electron chi connectivity index (χ3n) is 2.68. The Hall–Kier alpha value is -1.46. The van der Waals surface area contributed by atoms with Crippen LogP contribution in [0.15, 0.2) is 5.16 Å². The summed E-state index contributed by atoms with van der Waals surface area (Å²) in [5, 5.41) is 17.0. The zero-order chi connectivity index (χ0) is 11.5. The van der Waals surface area contributed by atoms with Gasteiger partial charge in [-0.25, -0.2) is 4.79 Å². The van der Waals surface area contributed by atoms with Crippen LogP contribution >= 0.6 is 0 Å². The van der Waals surface area contributed by atoms with Gasteiger partial charge in [-0.1, -0.05) is 12.1 Å². The third-order valence-corrected chi connectivity index (χ3v) is 2.68. The first-order chi connectivity index (χ1) is 7.01. The van der Waals surface area contributed by atoms with E-state index < -0.39 is 5.54 Å². The van der Waals surface area contributed by atoms with Crippen molar-refractivity contribution in [2.45, 2.75) is 44.7 Å². The summed E-state index contributed by atoms with van der Waals surface area (Å²) in [5.74, 6) is 0.0101. The van der Waals surface area contributed by atoms with E-state index in [1.165, 1.54) is 0 Å². The van der Waals surface area contributed by atoms with Crippen molar-refractivity contribution in [3.8, 4) is 0 Å². The average molecular weight is 214 g/mol. The van der Waals surface area contributed by atoms with Gasteiger partial charge in [-0.3, -0.25) is 0 Å². The van der Waals surface area contributed by atoms with Gasteiger partial charge in [-0.15, -0.1) is 0 Å². The van der Waals surface area contributed by atoms with Crippen molar-refractivity contribution >= 4 is 11.9 Å². The van der Waals surface area contributed by atoms with E-state index >= 15 is 0 Å². The summed E-state index contributed by atoms with van der Waals surface area (Å²) in [7, 11) is 0. The topological polar surface area (TPSA) is 99.7 Å². The lowest BCUT2D eigenvalue weighted by molar-refractivity contribution is 0.232. The maximum atomic E-state index is 11.5. The Morgan fingerprint density at radius 2 is 2.27 bits per heavy atom. The number of amides is 2. The van der Waals surface area contributed by atoms with Gasteiger partial charge in [0.25, 0.3) is 0 Å². The van der Waals surface area contributed by atoms with Gasteiger partial charge in [0.15, 0.2) is 5.84 Å². The first kappa shape index (κ1) is 11.6. The molecule has 0 bridgehead atoms. The van der Waals surface area contributed by atoms with E-state index in [4.69, 9.17) is 10.9 Å². The monoisotopic (exact) mass is 214 g/mol. The number of nitrogens with one attached hydrogen (secondary N) is 2. The molecule has 0 aromatic rings. The van der Waals surface area contributed by atoms with Gasteiger partial charge in [0.2, 0.25) is 0 Å². The van der Waals surface area contributed by atoms with Crippen LogP contribution < -0.4 is 16.4 Å². The normalized spacial score (nSPS) is 20.5. The van der Waals surface area contributed by atoms with Crippen molar-refractivity contribution in [1.29, 1.82) is 0 Å². The van der Waals surface area contributed by atoms with Gasteiger partial charge in [0.1, 0.15) is 0 Å². The predicted molar refractivity (Wildman–Crippen MR) is 56.8 cm³/mol. The summed E-state index contributed by atoms with van der Waals surface area (Å²) < 4.78 is 0. The summed E-state index contributed by atoms with van der Waals surface area (Å²) in [4.78, 5) is 11.5. The summed E-state index contributed by atoms with van der Waals surface area (Å²) >= 11 is 0. The molecule has 1 fully saturated rings. The highest BCUT2D eigenvalue weighted by atomic mass is 16.4. The molecule has 1 atom stereocenters. The fourth-order valence-corrected chi connectivity index (χ4v) is 1.14. The Balaban J connectivity index is 2.53. The minimum atomic E-state index is -0.798. The minimum Gasteiger partial charge on any atom is -0.409 e. The molecule has 1 aliphatic rings. The third kappa shape index (κ3) is 3.00. The molecule has 5 N–H and O–H groups in total. The molecule has 0 radical (unpaired) electrons. The lowest BCUT2D eigenvalue weighted by Crippen LogP contribution is -2.57. The standard InChI is InChI=1S/C9H18N4O2/c1-3-9(2,7(10)13-15)12-8(14)11-6-4-5-6/h6,15H,3-5H2,1-2H3,(H2,10,13)(H2,11,12,14). The van der Waals surface area contributed by atoms with Gasteiger partial charge in [-0.05, 0) is 26.2 Å². The van der Waals surface area contributed by atoms with Crippen molar-refractivity contribution in [2.75, 3.05) is 0 Å². The number of carbonyl (C=O) groups is 1.